The minimum Gasteiger partial charge on any atom is -0.494 e. The third-order valence-corrected chi connectivity index (χ3v) is 3.42. The van der Waals surface area contributed by atoms with E-state index in [1.807, 2.05) is 24.3 Å². The smallest absolute Gasteiger partial charge is 0.251 e. The molecule has 0 aliphatic heterocycles. The first kappa shape index (κ1) is 13.9. The van der Waals surface area contributed by atoms with Gasteiger partial charge in [0.15, 0.2) is 0 Å². The number of rotatable bonds is 6. The number of hydrogen-bond donors (Lipinski definition) is 2. The molecule has 0 heterocycles. The lowest BCUT2D eigenvalue weighted by molar-refractivity contribution is 0.0938. The summed E-state index contributed by atoms with van der Waals surface area (Å²) in [6, 6.07) is 7.64. The van der Waals surface area contributed by atoms with Crippen molar-refractivity contribution in [1.29, 1.82) is 0 Å². The van der Waals surface area contributed by atoms with Crippen molar-refractivity contribution in [3.05, 3.63) is 29.8 Å². The summed E-state index contributed by atoms with van der Waals surface area (Å²) in [7, 11) is 0. The summed E-state index contributed by atoms with van der Waals surface area (Å²) in [4.78, 5) is 12.0. The van der Waals surface area contributed by atoms with E-state index in [2.05, 4.69) is 5.32 Å². The van der Waals surface area contributed by atoms with E-state index < -0.39 is 0 Å². The zero-order chi connectivity index (χ0) is 13.5. The second kappa shape index (κ2) is 7.14. The zero-order valence-corrected chi connectivity index (χ0v) is 11.2. The lowest BCUT2D eigenvalue weighted by Crippen LogP contribution is -2.32. The molecule has 0 bridgehead atoms. The van der Waals surface area contributed by atoms with Crippen LogP contribution >= 0.6 is 0 Å². The van der Waals surface area contributed by atoms with E-state index in [0.717, 1.165) is 25.0 Å². The van der Waals surface area contributed by atoms with Gasteiger partial charge >= 0.3 is 0 Å². The van der Waals surface area contributed by atoms with Crippen LogP contribution in [0.15, 0.2) is 24.3 Å². The van der Waals surface area contributed by atoms with E-state index >= 15 is 0 Å². The molecule has 0 radical (unpaired) electrons. The lowest BCUT2D eigenvalue weighted by Gasteiger charge is -2.12. The Balaban J connectivity index is 1.84. The van der Waals surface area contributed by atoms with Crippen LogP contribution in [-0.2, 0) is 0 Å². The number of carbonyl (C=O) groups excluding carboxylic acids is 1. The summed E-state index contributed by atoms with van der Waals surface area (Å²) < 4.78 is 5.50. The maximum Gasteiger partial charge on any atom is 0.251 e. The van der Waals surface area contributed by atoms with Gasteiger partial charge in [0.25, 0.3) is 5.91 Å². The Hall–Kier alpha value is -1.55. The Morgan fingerprint density at radius 3 is 2.58 bits per heavy atom. The summed E-state index contributed by atoms with van der Waals surface area (Å²) in [5.74, 6) is 0.797. The van der Waals surface area contributed by atoms with Gasteiger partial charge in [-0.25, -0.2) is 0 Å². The van der Waals surface area contributed by atoms with Gasteiger partial charge in [0.05, 0.1) is 6.61 Å². The van der Waals surface area contributed by atoms with Crippen LogP contribution in [0.3, 0.4) is 0 Å². The molecule has 0 atom stereocenters. The van der Waals surface area contributed by atoms with E-state index in [9.17, 15) is 4.79 Å². The largest absolute Gasteiger partial charge is 0.494 e. The minimum absolute atomic E-state index is 0.0143. The average molecular weight is 262 g/mol. The van der Waals surface area contributed by atoms with Gasteiger partial charge in [-0.05, 0) is 50.1 Å². The highest BCUT2D eigenvalue weighted by Crippen LogP contribution is 2.18. The van der Waals surface area contributed by atoms with Crippen LogP contribution in [0.4, 0.5) is 0 Å². The molecule has 2 rings (SSSR count). The molecule has 3 N–H and O–H groups in total. The fraction of sp³-hybridized carbons (Fsp3) is 0.533. The first-order valence-corrected chi connectivity index (χ1v) is 7.03. The molecule has 1 aliphatic carbocycles. The van der Waals surface area contributed by atoms with Gasteiger partial charge in [-0.3, -0.25) is 4.79 Å². The summed E-state index contributed by atoms with van der Waals surface area (Å²) in [6.07, 6.45) is 5.49. The van der Waals surface area contributed by atoms with Gasteiger partial charge in [0.2, 0.25) is 0 Å². The maximum atomic E-state index is 12.0. The highest BCUT2D eigenvalue weighted by Gasteiger charge is 2.17. The van der Waals surface area contributed by atoms with Gasteiger partial charge in [-0.1, -0.05) is 12.8 Å². The third kappa shape index (κ3) is 4.24. The van der Waals surface area contributed by atoms with Gasteiger partial charge in [0.1, 0.15) is 5.75 Å². The fourth-order valence-corrected chi connectivity index (χ4v) is 2.31. The van der Waals surface area contributed by atoms with E-state index in [1.165, 1.54) is 12.8 Å². The molecule has 0 aromatic heterocycles. The first-order valence-electron chi connectivity index (χ1n) is 7.03. The van der Waals surface area contributed by atoms with Crippen LogP contribution in [0.2, 0.25) is 0 Å². The van der Waals surface area contributed by atoms with E-state index in [1.54, 1.807) is 0 Å². The molecule has 1 saturated carbocycles. The summed E-state index contributed by atoms with van der Waals surface area (Å²) >= 11 is 0. The van der Waals surface area contributed by atoms with Crippen molar-refractivity contribution in [2.45, 2.75) is 38.1 Å². The predicted octanol–water partition coefficient (Wildman–Crippen LogP) is 2.09. The molecular weight excluding hydrogens is 240 g/mol. The van der Waals surface area contributed by atoms with Gasteiger partial charge < -0.3 is 15.8 Å². The van der Waals surface area contributed by atoms with E-state index in [4.69, 9.17) is 10.5 Å². The molecule has 0 unspecified atom stereocenters. The number of benzene rings is 1. The minimum atomic E-state index is 0.0143. The van der Waals surface area contributed by atoms with Crippen LogP contribution in [0.1, 0.15) is 42.5 Å². The highest BCUT2D eigenvalue weighted by molar-refractivity contribution is 5.94. The lowest BCUT2D eigenvalue weighted by atomic mass is 10.1. The van der Waals surface area contributed by atoms with Crippen molar-refractivity contribution in [3.63, 3.8) is 0 Å². The number of ether oxygens (including phenoxy) is 1. The summed E-state index contributed by atoms with van der Waals surface area (Å²) in [6.45, 7) is 1.24. The molecular formula is C15H22N2O2. The molecule has 1 fully saturated rings. The molecule has 19 heavy (non-hydrogen) atoms. The molecule has 4 nitrogen and oxygen atoms in total. The summed E-state index contributed by atoms with van der Waals surface area (Å²) in [5, 5.41) is 3.07. The van der Waals surface area contributed by atoms with Crippen LogP contribution in [0, 0.1) is 0 Å². The zero-order valence-electron chi connectivity index (χ0n) is 11.2. The monoisotopic (exact) mass is 262 g/mol. The first-order chi connectivity index (χ1) is 9.29. The molecule has 0 saturated heterocycles. The van der Waals surface area contributed by atoms with Crippen LogP contribution in [0.25, 0.3) is 0 Å². The Labute approximate surface area is 114 Å². The van der Waals surface area contributed by atoms with Gasteiger partial charge in [-0.2, -0.15) is 0 Å². The van der Waals surface area contributed by atoms with Crippen molar-refractivity contribution in [1.82, 2.24) is 5.32 Å². The number of carbonyl (C=O) groups is 1. The normalized spacial score (nSPS) is 15.4. The molecule has 104 valence electrons. The van der Waals surface area contributed by atoms with E-state index in [-0.39, 0.29) is 5.91 Å². The van der Waals surface area contributed by atoms with Crippen LogP contribution in [-0.4, -0.2) is 25.1 Å². The number of hydrogen-bond acceptors (Lipinski definition) is 3. The second-order valence-electron chi connectivity index (χ2n) is 4.97. The Bertz CT molecular complexity index is 397. The molecule has 1 amide bonds. The molecule has 1 aliphatic rings. The van der Waals surface area contributed by atoms with Crippen LogP contribution in [0.5, 0.6) is 5.75 Å². The average Bonchev–Trinajstić information content (AvgIpc) is 2.93. The van der Waals surface area contributed by atoms with Crippen molar-refractivity contribution < 1.29 is 9.53 Å². The number of amides is 1. The quantitative estimate of drug-likeness (QED) is 0.772. The van der Waals surface area contributed by atoms with Crippen molar-refractivity contribution in [2.24, 2.45) is 5.73 Å². The Morgan fingerprint density at radius 1 is 1.26 bits per heavy atom. The SMILES string of the molecule is NCCCOc1ccc(C(=O)NC2CCCC2)cc1. The van der Waals surface area contributed by atoms with Crippen LogP contribution < -0.4 is 15.8 Å². The van der Waals surface area contributed by atoms with Crippen molar-refractivity contribution in [2.75, 3.05) is 13.2 Å². The van der Waals surface area contributed by atoms with Crippen molar-refractivity contribution >= 4 is 5.91 Å². The fourth-order valence-electron chi connectivity index (χ4n) is 2.31. The Kier molecular flexibility index (Phi) is 5.21. The van der Waals surface area contributed by atoms with Gasteiger partial charge in [0, 0.05) is 11.6 Å². The summed E-state index contributed by atoms with van der Waals surface area (Å²) in [5.41, 5.74) is 6.09. The van der Waals surface area contributed by atoms with E-state index in [0.29, 0.717) is 24.8 Å². The Morgan fingerprint density at radius 2 is 1.95 bits per heavy atom. The molecule has 4 heteroatoms. The van der Waals surface area contributed by atoms with Crippen molar-refractivity contribution in [3.8, 4) is 5.75 Å². The molecule has 1 aromatic carbocycles. The third-order valence-electron chi connectivity index (χ3n) is 3.42. The maximum absolute atomic E-state index is 12.0. The second-order valence-corrected chi connectivity index (χ2v) is 4.97. The standard InChI is InChI=1S/C15H22N2O2/c16-10-3-11-19-14-8-6-12(7-9-14)15(18)17-13-4-1-2-5-13/h6-9,13H,1-5,10-11,16H2,(H,17,18). The predicted molar refractivity (Wildman–Crippen MR) is 75.3 cm³/mol. The van der Waals surface area contributed by atoms with Gasteiger partial charge in [-0.15, -0.1) is 0 Å². The molecule has 0 spiro atoms. The molecule has 1 aromatic rings. The topological polar surface area (TPSA) is 64.3 Å². The number of nitrogens with two attached hydrogens (primary N) is 1. The highest BCUT2D eigenvalue weighted by atomic mass is 16.5. The number of nitrogens with one attached hydrogen (secondary N) is 1.